The maximum Gasteiger partial charge on any atom is 0.419 e. The standard InChI is InChI=1S/C16H13F4N/c17-14-9-11(5-6-13(14)16(18,19)20)15-12-4-2-1-3-10(12)7-8-21-15/h1-6,9,15,21H,7-8H2. The Labute approximate surface area is 119 Å². The quantitative estimate of drug-likeness (QED) is 0.782. The third kappa shape index (κ3) is 2.65. The predicted octanol–water partition coefficient (Wildman–Crippen LogP) is 4.08. The van der Waals surface area contributed by atoms with Crippen LogP contribution in [-0.2, 0) is 12.6 Å². The summed E-state index contributed by atoms with van der Waals surface area (Å²) < 4.78 is 51.5. The number of nitrogens with one attached hydrogen (secondary N) is 1. The molecule has 2 aromatic rings. The monoisotopic (exact) mass is 295 g/mol. The zero-order chi connectivity index (χ0) is 15.0. The van der Waals surface area contributed by atoms with E-state index in [0.717, 1.165) is 29.7 Å². The van der Waals surface area contributed by atoms with E-state index in [4.69, 9.17) is 0 Å². The van der Waals surface area contributed by atoms with Crippen molar-refractivity contribution in [2.75, 3.05) is 6.54 Å². The molecule has 1 atom stereocenters. The summed E-state index contributed by atoms with van der Waals surface area (Å²) in [6.07, 6.45) is -3.81. The van der Waals surface area contributed by atoms with Gasteiger partial charge in [-0.1, -0.05) is 30.3 Å². The van der Waals surface area contributed by atoms with E-state index in [9.17, 15) is 17.6 Å². The van der Waals surface area contributed by atoms with Gasteiger partial charge < -0.3 is 5.32 Å². The number of halogens is 4. The average Bonchev–Trinajstić information content (AvgIpc) is 2.45. The Morgan fingerprint density at radius 3 is 2.52 bits per heavy atom. The zero-order valence-electron chi connectivity index (χ0n) is 11.0. The molecular weight excluding hydrogens is 282 g/mol. The van der Waals surface area contributed by atoms with Gasteiger partial charge >= 0.3 is 6.18 Å². The van der Waals surface area contributed by atoms with Crippen molar-refractivity contribution >= 4 is 0 Å². The van der Waals surface area contributed by atoms with Crippen LogP contribution in [0, 0.1) is 5.82 Å². The van der Waals surface area contributed by atoms with Crippen LogP contribution in [0.3, 0.4) is 0 Å². The fraction of sp³-hybridized carbons (Fsp3) is 0.250. The van der Waals surface area contributed by atoms with Gasteiger partial charge in [-0.2, -0.15) is 13.2 Å². The molecule has 1 nitrogen and oxygen atoms in total. The number of benzene rings is 2. The Balaban J connectivity index is 2.01. The Bertz CT molecular complexity index is 664. The molecule has 1 unspecified atom stereocenters. The number of fused-ring (bicyclic) bond motifs is 1. The normalized spacial score (nSPS) is 18.4. The molecule has 0 saturated carbocycles. The van der Waals surface area contributed by atoms with Crippen LogP contribution in [0.4, 0.5) is 17.6 Å². The Morgan fingerprint density at radius 1 is 1.05 bits per heavy atom. The predicted molar refractivity (Wildman–Crippen MR) is 71.4 cm³/mol. The van der Waals surface area contributed by atoms with Gasteiger partial charge in [0, 0.05) is 6.54 Å². The molecule has 110 valence electrons. The van der Waals surface area contributed by atoms with Gasteiger partial charge in [-0.3, -0.25) is 0 Å². The van der Waals surface area contributed by atoms with Gasteiger partial charge in [-0.05, 0) is 35.2 Å². The maximum absolute atomic E-state index is 13.7. The van der Waals surface area contributed by atoms with E-state index < -0.39 is 17.6 Å². The first kappa shape index (κ1) is 14.1. The third-order valence-electron chi connectivity index (χ3n) is 3.74. The van der Waals surface area contributed by atoms with Crippen molar-refractivity contribution in [3.8, 4) is 0 Å². The van der Waals surface area contributed by atoms with Gasteiger partial charge in [0.2, 0.25) is 0 Å². The van der Waals surface area contributed by atoms with Crippen molar-refractivity contribution in [1.82, 2.24) is 5.32 Å². The molecule has 0 amide bonds. The molecule has 21 heavy (non-hydrogen) atoms. The third-order valence-corrected chi connectivity index (χ3v) is 3.74. The molecule has 1 heterocycles. The Kier molecular flexibility index (Phi) is 3.45. The van der Waals surface area contributed by atoms with Crippen LogP contribution in [0.2, 0.25) is 0 Å². The van der Waals surface area contributed by atoms with Crippen LogP contribution in [0.1, 0.15) is 28.3 Å². The molecule has 0 aromatic heterocycles. The first-order valence-electron chi connectivity index (χ1n) is 6.64. The van der Waals surface area contributed by atoms with Gasteiger partial charge in [-0.25, -0.2) is 4.39 Å². The van der Waals surface area contributed by atoms with Crippen LogP contribution < -0.4 is 5.32 Å². The molecule has 5 heteroatoms. The van der Waals surface area contributed by atoms with Crippen molar-refractivity contribution in [2.24, 2.45) is 0 Å². The molecule has 0 aliphatic carbocycles. The summed E-state index contributed by atoms with van der Waals surface area (Å²) in [5.74, 6) is -1.23. The fourth-order valence-electron chi connectivity index (χ4n) is 2.74. The molecule has 1 aliphatic heterocycles. The lowest BCUT2D eigenvalue weighted by atomic mass is 9.89. The molecule has 0 spiro atoms. The summed E-state index contributed by atoms with van der Waals surface area (Å²) >= 11 is 0. The summed E-state index contributed by atoms with van der Waals surface area (Å²) in [6, 6.07) is 10.6. The first-order chi connectivity index (χ1) is 9.97. The number of alkyl halides is 3. The smallest absolute Gasteiger partial charge is 0.306 e. The van der Waals surface area contributed by atoms with E-state index in [1.807, 2.05) is 24.3 Å². The minimum Gasteiger partial charge on any atom is -0.306 e. The molecule has 1 aliphatic rings. The van der Waals surface area contributed by atoms with Crippen LogP contribution >= 0.6 is 0 Å². The van der Waals surface area contributed by atoms with Crippen LogP contribution in [-0.4, -0.2) is 6.54 Å². The molecule has 0 bridgehead atoms. The maximum atomic E-state index is 13.7. The van der Waals surface area contributed by atoms with E-state index in [2.05, 4.69) is 5.32 Å². The van der Waals surface area contributed by atoms with E-state index in [1.165, 1.54) is 6.07 Å². The Hall–Kier alpha value is -1.88. The van der Waals surface area contributed by atoms with Gasteiger partial charge in [0.1, 0.15) is 5.82 Å². The van der Waals surface area contributed by atoms with Crippen molar-refractivity contribution in [3.63, 3.8) is 0 Å². The Morgan fingerprint density at radius 2 is 1.81 bits per heavy atom. The minimum atomic E-state index is -4.67. The summed E-state index contributed by atoms with van der Waals surface area (Å²) in [5, 5.41) is 3.23. The molecule has 1 N–H and O–H groups in total. The first-order valence-corrected chi connectivity index (χ1v) is 6.64. The van der Waals surface area contributed by atoms with Crippen LogP contribution in [0.15, 0.2) is 42.5 Å². The van der Waals surface area contributed by atoms with Crippen LogP contribution in [0.5, 0.6) is 0 Å². The lowest BCUT2D eigenvalue weighted by Gasteiger charge is -2.27. The van der Waals surface area contributed by atoms with E-state index in [-0.39, 0.29) is 6.04 Å². The highest BCUT2D eigenvalue weighted by molar-refractivity contribution is 5.40. The topological polar surface area (TPSA) is 12.0 Å². The molecule has 0 saturated heterocycles. The highest BCUT2D eigenvalue weighted by Crippen LogP contribution is 2.34. The summed E-state index contributed by atoms with van der Waals surface area (Å²) in [7, 11) is 0. The highest BCUT2D eigenvalue weighted by Gasteiger charge is 2.34. The summed E-state index contributed by atoms with van der Waals surface area (Å²) in [6.45, 7) is 0.713. The second kappa shape index (κ2) is 5.15. The van der Waals surface area contributed by atoms with E-state index in [1.54, 1.807) is 0 Å². The van der Waals surface area contributed by atoms with E-state index in [0.29, 0.717) is 12.1 Å². The minimum absolute atomic E-state index is 0.272. The second-order valence-corrected chi connectivity index (χ2v) is 5.07. The number of rotatable bonds is 1. The van der Waals surface area contributed by atoms with Gasteiger partial charge in [0.15, 0.2) is 0 Å². The molecule has 2 aromatic carbocycles. The molecule has 0 fully saturated rings. The van der Waals surface area contributed by atoms with Gasteiger partial charge in [0.05, 0.1) is 11.6 Å². The van der Waals surface area contributed by atoms with Gasteiger partial charge in [0.25, 0.3) is 0 Å². The second-order valence-electron chi connectivity index (χ2n) is 5.07. The SMILES string of the molecule is Fc1cc(C2NCCc3ccccc32)ccc1C(F)(F)F. The largest absolute Gasteiger partial charge is 0.419 e. The van der Waals surface area contributed by atoms with Crippen molar-refractivity contribution in [2.45, 2.75) is 18.6 Å². The van der Waals surface area contributed by atoms with Crippen molar-refractivity contribution in [3.05, 3.63) is 70.5 Å². The molecule has 3 rings (SSSR count). The number of hydrogen-bond donors (Lipinski definition) is 1. The average molecular weight is 295 g/mol. The van der Waals surface area contributed by atoms with Crippen LogP contribution in [0.25, 0.3) is 0 Å². The van der Waals surface area contributed by atoms with Gasteiger partial charge in [-0.15, -0.1) is 0 Å². The zero-order valence-corrected chi connectivity index (χ0v) is 11.0. The van der Waals surface area contributed by atoms with Crippen molar-refractivity contribution in [1.29, 1.82) is 0 Å². The lowest BCUT2D eigenvalue weighted by molar-refractivity contribution is -0.140. The van der Waals surface area contributed by atoms with E-state index >= 15 is 0 Å². The summed E-state index contributed by atoms with van der Waals surface area (Å²) in [5.41, 5.74) is 1.41. The molecule has 0 radical (unpaired) electrons. The fourth-order valence-corrected chi connectivity index (χ4v) is 2.74. The van der Waals surface area contributed by atoms with Crippen molar-refractivity contribution < 1.29 is 17.6 Å². The highest BCUT2D eigenvalue weighted by atomic mass is 19.4. The molecular formula is C16H13F4N. The summed E-state index contributed by atoms with van der Waals surface area (Å²) in [4.78, 5) is 0. The lowest BCUT2D eigenvalue weighted by Crippen LogP contribution is -2.30. The number of hydrogen-bond acceptors (Lipinski definition) is 1.